The third-order valence-electron chi connectivity index (χ3n) is 4.04. The highest BCUT2D eigenvalue weighted by Gasteiger charge is 2.25. The smallest absolute Gasteiger partial charge is 0.0392 e. The zero-order valence-electron chi connectivity index (χ0n) is 10.6. The molecule has 1 saturated carbocycles. The zero-order valence-corrected chi connectivity index (χ0v) is 12.2. The van der Waals surface area contributed by atoms with E-state index in [1.54, 1.807) is 0 Å². The average Bonchev–Trinajstić information content (AvgIpc) is 2.80. The first-order valence-electron chi connectivity index (χ1n) is 6.63. The number of hydrogen-bond donors (Lipinski definition) is 1. The Hall–Kier alpha value is -0.340. The molecule has 0 bridgehead atoms. The Morgan fingerprint density at radius 2 is 1.94 bits per heavy atom. The lowest BCUT2D eigenvalue weighted by molar-refractivity contribution is 0.373. The largest absolute Gasteiger partial charge is 0.322 e. The minimum atomic E-state index is -0.206. The van der Waals surface area contributed by atoms with Gasteiger partial charge in [-0.2, -0.15) is 0 Å². The van der Waals surface area contributed by atoms with Gasteiger partial charge in [-0.05, 0) is 37.3 Å². The molecule has 1 aliphatic carbocycles. The van der Waals surface area contributed by atoms with Gasteiger partial charge in [0.05, 0.1) is 0 Å². The summed E-state index contributed by atoms with van der Waals surface area (Å²) in [6.07, 6.45) is 8.01. The first kappa shape index (κ1) is 13.1. The first-order chi connectivity index (χ1) is 8.09. The van der Waals surface area contributed by atoms with Gasteiger partial charge >= 0.3 is 0 Å². The lowest BCUT2D eigenvalue weighted by atomic mass is 9.85. The average molecular weight is 296 g/mol. The van der Waals surface area contributed by atoms with Gasteiger partial charge in [0.1, 0.15) is 0 Å². The van der Waals surface area contributed by atoms with Gasteiger partial charge in [-0.15, -0.1) is 0 Å². The molecule has 2 heteroatoms. The van der Waals surface area contributed by atoms with Crippen LogP contribution in [0.1, 0.15) is 51.0 Å². The Morgan fingerprint density at radius 1 is 1.29 bits per heavy atom. The molecule has 0 spiro atoms. The van der Waals surface area contributed by atoms with Crippen molar-refractivity contribution in [3.05, 3.63) is 34.3 Å². The van der Waals surface area contributed by atoms with E-state index in [1.165, 1.54) is 37.7 Å². The number of benzene rings is 1. The van der Waals surface area contributed by atoms with E-state index in [4.69, 9.17) is 5.73 Å². The maximum absolute atomic E-state index is 6.49. The van der Waals surface area contributed by atoms with Crippen LogP contribution in [0.5, 0.6) is 0 Å². The molecule has 0 radical (unpaired) electrons. The zero-order chi connectivity index (χ0) is 12.3. The van der Waals surface area contributed by atoms with E-state index in [0.29, 0.717) is 0 Å². The molecule has 1 aromatic carbocycles. The van der Waals surface area contributed by atoms with E-state index in [1.807, 2.05) is 6.07 Å². The minimum absolute atomic E-state index is 0.206. The van der Waals surface area contributed by atoms with E-state index in [-0.39, 0.29) is 5.54 Å². The normalized spacial score (nSPS) is 20.4. The van der Waals surface area contributed by atoms with Crippen molar-refractivity contribution >= 4 is 15.9 Å². The minimum Gasteiger partial charge on any atom is -0.322 e. The SMILES string of the molecule is CC(N)(CCC1CCCC1)c1ccccc1Br. The molecule has 0 aromatic heterocycles. The predicted octanol–water partition coefficient (Wildman–Crippen LogP) is 4.59. The Balaban J connectivity index is 2.00. The van der Waals surface area contributed by atoms with Crippen molar-refractivity contribution in [3.8, 4) is 0 Å². The molecule has 0 aliphatic heterocycles. The first-order valence-corrected chi connectivity index (χ1v) is 7.43. The van der Waals surface area contributed by atoms with E-state index in [0.717, 1.165) is 16.8 Å². The van der Waals surface area contributed by atoms with Crippen LogP contribution in [-0.2, 0) is 5.54 Å². The van der Waals surface area contributed by atoms with Gasteiger partial charge in [0, 0.05) is 10.0 Å². The van der Waals surface area contributed by atoms with Gasteiger partial charge in [-0.1, -0.05) is 59.8 Å². The van der Waals surface area contributed by atoms with Crippen LogP contribution < -0.4 is 5.73 Å². The molecule has 1 nitrogen and oxygen atoms in total. The molecule has 0 heterocycles. The Kier molecular flexibility index (Phi) is 4.26. The summed E-state index contributed by atoms with van der Waals surface area (Å²) in [5, 5.41) is 0. The molecule has 17 heavy (non-hydrogen) atoms. The predicted molar refractivity (Wildman–Crippen MR) is 76.9 cm³/mol. The molecule has 1 aliphatic rings. The summed E-state index contributed by atoms with van der Waals surface area (Å²) >= 11 is 3.61. The second kappa shape index (κ2) is 5.53. The van der Waals surface area contributed by atoms with Crippen LogP contribution in [0.2, 0.25) is 0 Å². The van der Waals surface area contributed by atoms with Crippen molar-refractivity contribution in [1.29, 1.82) is 0 Å². The third-order valence-corrected chi connectivity index (χ3v) is 4.73. The Labute approximate surface area is 113 Å². The number of halogens is 1. The molecule has 94 valence electrons. The molecule has 1 aromatic rings. The molecule has 1 fully saturated rings. The molecule has 0 amide bonds. The molecular formula is C15H22BrN. The fourth-order valence-corrected chi connectivity index (χ4v) is 3.60. The summed E-state index contributed by atoms with van der Waals surface area (Å²) in [6, 6.07) is 8.33. The highest BCUT2D eigenvalue weighted by molar-refractivity contribution is 9.10. The van der Waals surface area contributed by atoms with E-state index < -0.39 is 0 Å². The topological polar surface area (TPSA) is 26.0 Å². The van der Waals surface area contributed by atoms with Crippen molar-refractivity contribution in [2.75, 3.05) is 0 Å². The van der Waals surface area contributed by atoms with Crippen molar-refractivity contribution in [1.82, 2.24) is 0 Å². The molecule has 1 atom stereocenters. The molecule has 2 N–H and O–H groups in total. The Morgan fingerprint density at radius 3 is 2.59 bits per heavy atom. The van der Waals surface area contributed by atoms with Crippen molar-refractivity contribution in [3.63, 3.8) is 0 Å². The van der Waals surface area contributed by atoms with E-state index in [2.05, 4.69) is 41.1 Å². The summed E-state index contributed by atoms with van der Waals surface area (Å²) in [6.45, 7) is 2.15. The number of nitrogens with two attached hydrogens (primary N) is 1. The summed E-state index contributed by atoms with van der Waals surface area (Å²) in [5.41, 5.74) is 7.52. The molecular weight excluding hydrogens is 274 g/mol. The lowest BCUT2D eigenvalue weighted by Gasteiger charge is -2.27. The summed E-state index contributed by atoms with van der Waals surface area (Å²) < 4.78 is 1.14. The van der Waals surface area contributed by atoms with Crippen LogP contribution in [0.15, 0.2) is 28.7 Å². The highest BCUT2D eigenvalue weighted by Crippen LogP contribution is 2.35. The number of hydrogen-bond acceptors (Lipinski definition) is 1. The third kappa shape index (κ3) is 3.32. The van der Waals surface area contributed by atoms with E-state index >= 15 is 0 Å². The van der Waals surface area contributed by atoms with Crippen LogP contribution in [0.3, 0.4) is 0 Å². The standard InChI is InChI=1S/C15H22BrN/c1-15(17,11-10-12-6-2-3-7-12)13-8-4-5-9-14(13)16/h4-5,8-9,12H,2-3,6-7,10-11,17H2,1H3. The maximum Gasteiger partial charge on any atom is 0.0392 e. The van der Waals surface area contributed by atoms with Gasteiger partial charge in [0.15, 0.2) is 0 Å². The van der Waals surface area contributed by atoms with Gasteiger partial charge in [0.2, 0.25) is 0 Å². The van der Waals surface area contributed by atoms with Gasteiger partial charge in [-0.25, -0.2) is 0 Å². The monoisotopic (exact) mass is 295 g/mol. The van der Waals surface area contributed by atoms with Crippen molar-refractivity contribution in [2.24, 2.45) is 11.7 Å². The maximum atomic E-state index is 6.49. The number of rotatable bonds is 4. The van der Waals surface area contributed by atoms with Crippen LogP contribution in [0, 0.1) is 5.92 Å². The van der Waals surface area contributed by atoms with Gasteiger partial charge in [-0.3, -0.25) is 0 Å². The van der Waals surface area contributed by atoms with Crippen LogP contribution in [-0.4, -0.2) is 0 Å². The summed E-state index contributed by atoms with van der Waals surface area (Å²) in [7, 11) is 0. The second-order valence-corrected chi connectivity index (χ2v) is 6.44. The fourth-order valence-electron chi connectivity index (χ4n) is 2.86. The lowest BCUT2D eigenvalue weighted by Crippen LogP contribution is -2.33. The fraction of sp³-hybridized carbons (Fsp3) is 0.600. The Bertz CT molecular complexity index is 367. The van der Waals surface area contributed by atoms with Gasteiger partial charge < -0.3 is 5.73 Å². The van der Waals surface area contributed by atoms with Crippen LogP contribution in [0.4, 0.5) is 0 Å². The molecule has 2 rings (SSSR count). The van der Waals surface area contributed by atoms with Gasteiger partial charge in [0.25, 0.3) is 0 Å². The van der Waals surface area contributed by atoms with Crippen molar-refractivity contribution < 1.29 is 0 Å². The summed E-state index contributed by atoms with van der Waals surface area (Å²) in [4.78, 5) is 0. The van der Waals surface area contributed by atoms with E-state index in [9.17, 15) is 0 Å². The second-order valence-electron chi connectivity index (χ2n) is 5.59. The highest BCUT2D eigenvalue weighted by atomic mass is 79.9. The molecule has 0 saturated heterocycles. The van der Waals surface area contributed by atoms with Crippen molar-refractivity contribution in [2.45, 2.75) is 51.0 Å². The van der Waals surface area contributed by atoms with Crippen LogP contribution in [0.25, 0.3) is 0 Å². The quantitative estimate of drug-likeness (QED) is 0.863. The van der Waals surface area contributed by atoms with Crippen LogP contribution >= 0.6 is 15.9 Å². The molecule has 1 unspecified atom stereocenters. The summed E-state index contributed by atoms with van der Waals surface area (Å²) in [5.74, 6) is 0.917.